The highest BCUT2D eigenvalue weighted by Crippen LogP contribution is 2.40. The number of nitrogen functional groups attached to an aromatic ring is 1. The highest BCUT2D eigenvalue weighted by atomic mass is 32.1. The average Bonchev–Trinajstić information content (AvgIpc) is 3.17. The van der Waals surface area contributed by atoms with Gasteiger partial charge in [0.05, 0.1) is 22.8 Å². The molecule has 3 aromatic heterocycles. The third-order valence-electron chi connectivity index (χ3n) is 3.17. The zero-order valence-electron chi connectivity index (χ0n) is 11.9. The summed E-state index contributed by atoms with van der Waals surface area (Å²) in [6.45, 7) is 5.95. The fraction of sp³-hybridized carbons (Fsp3) is 0.286. The summed E-state index contributed by atoms with van der Waals surface area (Å²) in [5.41, 5.74) is 8.00. The summed E-state index contributed by atoms with van der Waals surface area (Å²) in [6, 6.07) is 4.24. The van der Waals surface area contributed by atoms with Gasteiger partial charge in [-0.25, -0.2) is 4.98 Å². The van der Waals surface area contributed by atoms with Crippen molar-refractivity contribution in [2.75, 3.05) is 17.2 Å². The fourth-order valence-corrected chi connectivity index (χ4v) is 4.35. The van der Waals surface area contributed by atoms with Crippen molar-refractivity contribution in [2.45, 2.75) is 20.4 Å². The maximum Gasteiger partial charge on any atom is 0.148 e. The molecule has 0 saturated carbocycles. The van der Waals surface area contributed by atoms with Crippen LogP contribution in [0.15, 0.2) is 22.9 Å². The molecule has 0 aromatic carbocycles. The highest BCUT2D eigenvalue weighted by Gasteiger charge is 2.20. The maximum atomic E-state index is 6.09. The second-order valence-corrected chi connectivity index (χ2v) is 7.44. The Bertz CT molecular complexity index is 714. The summed E-state index contributed by atoms with van der Waals surface area (Å²) in [4.78, 5) is 8.22. The van der Waals surface area contributed by atoms with Gasteiger partial charge in [-0.05, 0) is 36.8 Å². The van der Waals surface area contributed by atoms with Gasteiger partial charge < -0.3 is 10.6 Å². The lowest BCUT2D eigenvalue weighted by Gasteiger charge is -2.21. The number of nitrogens with zero attached hydrogens (tertiary/aromatic N) is 3. The van der Waals surface area contributed by atoms with Gasteiger partial charge >= 0.3 is 0 Å². The van der Waals surface area contributed by atoms with Crippen molar-refractivity contribution in [3.63, 3.8) is 0 Å². The molecule has 3 aromatic rings. The molecular formula is C14H16N4S3. The molecule has 0 saturated heterocycles. The van der Waals surface area contributed by atoms with Crippen LogP contribution in [-0.4, -0.2) is 15.9 Å². The minimum absolute atomic E-state index is 0.574. The van der Waals surface area contributed by atoms with Crippen molar-refractivity contribution in [1.82, 2.24) is 9.36 Å². The van der Waals surface area contributed by atoms with E-state index in [1.54, 1.807) is 22.7 Å². The molecule has 3 heterocycles. The fourth-order valence-electron chi connectivity index (χ4n) is 2.15. The smallest absolute Gasteiger partial charge is 0.148 e. The molecule has 0 fully saturated rings. The molecule has 0 aliphatic heterocycles. The molecule has 21 heavy (non-hydrogen) atoms. The number of thiophene rings is 1. The maximum absolute atomic E-state index is 6.09. The van der Waals surface area contributed by atoms with Gasteiger partial charge in [-0.2, -0.15) is 4.37 Å². The first kappa shape index (κ1) is 14.5. The van der Waals surface area contributed by atoms with Crippen LogP contribution >= 0.6 is 34.2 Å². The van der Waals surface area contributed by atoms with Gasteiger partial charge in [-0.1, -0.05) is 6.07 Å². The molecule has 0 atom stereocenters. The average molecular weight is 337 g/mol. The van der Waals surface area contributed by atoms with Crippen molar-refractivity contribution in [1.29, 1.82) is 0 Å². The third-order valence-corrected chi connectivity index (χ3v) is 5.73. The molecule has 7 heteroatoms. The lowest BCUT2D eigenvalue weighted by Crippen LogP contribution is -2.21. The first-order valence-corrected chi connectivity index (χ1v) is 9.17. The SMILES string of the molecule is CCN(Cc1cccs1)c1snc(N)c1-c1csc(C)n1. The Balaban J connectivity index is 1.97. The zero-order valence-corrected chi connectivity index (χ0v) is 14.3. The normalized spacial score (nSPS) is 11.0. The van der Waals surface area contributed by atoms with Crippen LogP contribution in [0.3, 0.4) is 0 Å². The number of rotatable bonds is 5. The topological polar surface area (TPSA) is 55.0 Å². The molecule has 0 aliphatic rings. The van der Waals surface area contributed by atoms with Crippen molar-refractivity contribution < 1.29 is 0 Å². The van der Waals surface area contributed by atoms with E-state index in [4.69, 9.17) is 5.73 Å². The van der Waals surface area contributed by atoms with Crippen LogP contribution in [0, 0.1) is 6.92 Å². The highest BCUT2D eigenvalue weighted by molar-refractivity contribution is 7.12. The standard InChI is InChI=1S/C14H16N4S3/c1-3-18(7-10-5-4-6-19-10)14-12(13(15)17-21-14)11-8-20-9(2)16-11/h4-6,8H,3,7H2,1-2H3,(H2,15,17). The molecule has 0 aliphatic carbocycles. The number of thiazole rings is 1. The van der Waals surface area contributed by atoms with Crippen molar-refractivity contribution >= 4 is 45.0 Å². The van der Waals surface area contributed by atoms with Crippen LogP contribution < -0.4 is 10.6 Å². The van der Waals surface area contributed by atoms with Crippen molar-refractivity contribution in [3.05, 3.63) is 32.8 Å². The second-order valence-electron chi connectivity index (χ2n) is 4.59. The molecule has 0 unspecified atom stereocenters. The van der Waals surface area contributed by atoms with Crippen LogP contribution in [0.1, 0.15) is 16.8 Å². The van der Waals surface area contributed by atoms with Gasteiger partial charge in [0.1, 0.15) is 10.8 Å². The first-order chi connectivity index (χ1) is 10.2. The predicted molar refractivity (Wildman–Crippen MR) is 93.4 cm³/mol. The van der Waals surface area contributed by atoms with Crippen molar-refractivity contribution in [3.8, 4) is 11.3 Å². The van der Waals surface area contributed by atoms with E-state index in [9.17, 15) is 0 Å². The number of aryl methyl sites for hydroxylation is 1. The van der Waals surface area contributed by atoms with E-state index in [-0.39, 0.29) is 0 Å². The van der Waals surface area contributed by atoms with E-state index in [1.165, 1.54) is 16.4 Å². The van der Waals surface area contributed by atoms with Gasteiger partial charge in [0.15, 0.2) is 0 Å². The Kier molecular flexibility index (Phi) is 4.23. The molecule has 3 rings (SSSR count). The number of anilines is 2. The number of nitrogens with two attached hydrogens (primary N) is 1. The van der Waals surface area contributed by atoms with Gasteiger partial charge in [0.2, 0.25) is 0 Å². The molecule has 0 radical (unpaired) electrons. The minimum atomic E-state index is 0.574. The quantitative estimate of drug-likeness (QED) is 0.757. The van der Waals surface area contributed by atoms with Crippen LogP contribution in [0.25, 0.3) is 11.3 Å². The Morgan fingerprint density at radius 3 is 2.81 bits per heavy atom. The Hall–Kier alpha value is -1.44. The largest absolute Gasteiger partial charge is 0.382 e. The molecule has 110 valence electrons. The molecule has 0 spiro atoms. The van der Waals surface area contributed by atoms with Crippen LogP contribution in [0.5, 0.6) is 0 Å². The van der Waals surface area contributed by atoms with Crippen molar-refractivity contribution in [2.24, 2.45) is 0 Å². The van der Waals surface area contributed by atoms with Crippen LogP contribution in [-0.2, 0) is 6.54 Å². The van der Waals surface area contributed by atoms with E-state index in [0.29, 0.717) is 5.82 Å². The summed E-state index contributed by atoms with van der Waals surface area (Å²) >= 11 is 4.87. The van der Waals surface area contributed by atoms with Gasteiger partial charge in [0.25, 0.3) is 0 Å². The zero-order chi connectivity index (χ0) is 14.8. The van der Waals surface area contributed by atoms with Gasteiger partial charge in [-0.15, -0.1) is 22.7 Å². The van der Waals surface area contributed by atoms with Gasteiger partial charge in [0, 0.05) is 16.8 Å². The molecule has 0 bridgehead atoms. The Morgan fingerprint density at radius 1 is 1.33 bits per heavy atom. The number of hydrogen-bond donors (Lipinski definition) is 1. The summed E-state index contributed by atoms with van der Waals surface area (Å²) in [5.74, 6) is 0.574. The van der Waals surface area contributed by atoms with E-state index in [0.717, 1.165) is 34.4 Å². The van der Waals surface area contributed by atoms with E-state index in [1.807, 2.05) is 6.92 Å². The molecule has 0 amide bonds. The lowest BCUT2D eigenvalue weighted by molar-refractivity contribution is 0.853. The Labute approximate surface area is 136 Å². The number of aromatic nitrogens is 2. The Morgan fingerprint density at radius 2 is 2.19 bits per heavy atom. The monoisotopic (exact) mass is 336 g/mol. The molecular weight excluding hydrogens is 320 g/mol. The number of hydrogen-bond acceptors (Lipinski definition) is 7. The minimum Gasteiger partial charge on any atom is -0.382 e. The first-order valence-electron chi connectivity index (χ1n) is 6.64. The summed E-state index contributed by atoms with van der Waals surface area (Å²) in [5, 5.41) is 6.31. The second kappa shape index (κ2) is 6.13. The van der Waals surface area contributed by atoms with E-state index >= 15 is 0 Å². The molecule has 4 nitrogen and oxygen atoms in total. The summed E-state index contributed by atoms with van der Waals surface area (Å²) in [7, 11) is 0. The van der Waals surface area contributed by atoms with Crippen LogP contribution in [0.4, 0.5) is 10.8 Å². The predicted octanol–water partition coefficient (Wildman–Crippen LogP) is 4.25. The van der Waals surface area contributed by atoms with E-state index < -0.39 is 0 Å². The third kappa shape index (κ3) is 2.95. The van der Waals surface area contributed by atoms with E-state index in [2.05, 4.69) is 44.1 Å². The lowest BCUT2D eigenvalue weighted by atomic mass is 10.2. The molecule has 2 N–H and O–H groups in total. The summed E-state index contributed by atoms with van der Waals surface area (Å²) in [6.07, 6.45) is 0. The van der Waals surface area contributed by atoms with Gasteiger partial charge in [-0.3, -0.25) is 0 Å². The summed E-state index contributed by atoms with van der Waals surface area (Å²) < 4.78 is 4.35. The van der Waals surface area contributed by atoms with Crippen LogP contribution in [0.2, 0.25) is 0 Å².